The Kier molecular flexibility index (Phi) is 3.54. The van der Waals surface area contributed by atoms with Gasteiger partial charge in [0.1, 0.15) is 6.54 Å². The molecule has 2 aromatic carbocycles. The molecule has 0 aliphatic carbocycles. The summed E-state index contributed by atoms with van der Waals surface area (Å²) in [5, 5.41) is 13.2. The summed E-state index contributed by atoms with van der Waals surface area (Å²) < 4.78 is 26.4. The summed E-state index contributed by atoms with van der Waals surface area (Å²) in [4.78, 5) is 12.2. The van der Waals surface area contributed by atoms with E-state index in [0.29, 0.717) is 11.1 Å². The van der Waals surface area contributed by atoms with E-state index in [-0.39, 0.29) is 18.0 Å². The van der Waals surface area contributed by atoms with Crippen LogP contribution in [-0.2, 0) is 14.8 Å². The monoisotopic (exact) mass is 320 g/mol. The van der Waals surface area contributed by atoms with Crippen LogP contribution in [0.2, 0.25) is 0 Å². The molecule has 0 radical (unpaired) electrons. The molecular weight excluding hydrogens is 304 g/mol. The van der Waals surface area contributed by atoms with Crippen LogP contribution in [-0.4, -0.2) is 38.6 Å². The molecule has 0 spiro atoms. The Morgan fingerprint density at radius 3 is 2.64 bits per heavy atom. The van der Waals surface area contributed by atoms with Gasteiger partial charge in [-0.1, -0.05) is 24.3 Å². The van der Waals surface area contributed by atoms with Gasteiger partial charge in [0.2, 0.25) is 5.91 Å². The minimum Gasteiger partial charge on any atom is -0.392 e. The molecule has 0 fully saturated rings. The molecule has 3 rings (SSSR count). The van der Waals surface area contributed by atoms with Crippen molar-refractivity contribution in [3.8, 4) is 0 Å². The van der Waals surface area contributed by atoms with Crippen molar-refractivity contribution in [2.45, 2.75) is 17.9 Å². The summed E-state index contributed by atoms with van der Waals surface area (Å²) in [6.07, 6.45) is -0.681. The van der Waals surface area contributed by atoms with Crippen molar-refractivity contribution in [3.05, 3.63) is 36.4 Å². The van der Waals surface area contributed by atoms with E-state index in [9.17, 15) is 18.3 Å². The Labute approximate surface area is 128 Å². The van der Waals surface area contributed by atoms with Gasteiger partial charge in [-0.2, -0.15) is 0 Å². The molecule has 116 valence electrons. The van der Waals surface area contributed by atoms with Crippen LogP contribution in [0.1, 0.15) is 6.92 Å². The quantitative estimate of drug-likeness (QED) is 0.874. The predicted octanol–water partition coefficient (Wildman–Crippen LogP) is 0.845. The second-order valence-electron chi connectivity index (χ2n) is 5.30. The summed E-state index contributed by atoms with van der Waals surface area (Å²) in [5.74, 6) is -0.450. The molecule has 1 unspecified atom stereocenters. The van der Waals surface area contributed by atoms with E-state index in [1.54, 1.807) is 31.2 Å². The lowest BCUT2D eigenvalue weighted by Crippen LogP contribution is -2.41. The third kappa shape index (κ3) is 2.32. The van der Waals surface area contributed by atoms with E-state index in [4.69, 9.17) is 0 Å². The molecule has 0 saturated heterocycles. The molecule has 6 nitrogen and oxygen atoms in total. The molecular formula is C15H16N2O4S. The first-order valence-electron chi connectivity index (χ1n) is 6.90. The molecule has 1 amide bonds. The largest absolute Gasteiger partial charge is 0.392 e. The van der Waals surface area contributed by atoms with E-state index in [1.165, 1.54) is 0 Å². The van der Waals surface area contributed by atoms with Gasteiger partial charge in [-0.15, -0.1) is 0 Å². The number of nitrogens with one attached hydrogen (secondary N) is 1. The maximum Gasteiger partial charge on any atom is 0.265 e. The third-order valence-corrected chi connectivity index (χ3v) is 5.37. The number of carbonyl (C=O) groups excluding carboxylic acids is 1. The van der Waals surface area contributed by atoms with Gasteiger partial charge in [-0.05, 0) is 24.4 Å². The highest BCUT2D eigenvalue weighted by molar-refractivity contribution is 7.93. The number of hydrogen-bond acceptors (Lipinski definition) is 4. The first kappa shape index (κ1) is 14.8. The molecule has 1 aliphatic heterocycles. The molecule has 0 bridgehead atoms. The number of benzene rings is 2. The zero-order valence-electron chi connectivity index (χ0n) is 12.0. The number of hydrogen-bond donors (Lipinski definition) is 2. The first-order valence-corrected chi connectivity index (χ1v) is 8.34. The van der Waals surface area contributed by atoms with Crippen molar-refractivity contribution in [1.82, 2.24) is 5.32 Å². The topological polar surface area (TPSA) is 86.7 Å². The average Bonchev–Trinajstić information content (AvgIpc) is 2.69. The molecule has 2 aromatic rings. The molecule has 1 heterocycles. The predicted molar refractivity (Wildman–Crippen MR) is 83.2 cm³/mol. The number of aliphatic hydroxyl groups is 1. The minimum absolute atomic E-state index is 0.0872. The maximum absolute atomic E-state index is 12.6. The fourth-order valence-corrected chi connectivity index (χ4v) is 4.24. The van der Waals surface area contributed by atoms with Gasteiger partial charge in [0, 0.05) is 11.9 Å². The molecule has 1 aliphatic rings. The van der Waals surface area contributed by atoms with E-state index in [2.05, 4.69) is 5.32 Å². The van der Waals surface area contributed by atoms with Crippen LogP contribution in [0.25, 0.3) is 10.8 Å². The van der Waals surface area contributed by atoms with Crippen LogP contribution >= 0.6 is 0 Å². The van der Waals surface area contributed by atoms with Gasteiger partial charge < -0.3 is 10.4 Å². The summed E-state index contributed by atoms with van der Waals surface area (Å²) in [6.45, 7) is 1.33. The van der Waals surface area contributed by atoms with Gasteiger partial charge in [-0.3, -0.25) is 9.10 Å². The van der Waals surface area contributed by atoms with Gasteiger partial charge >= 0.3 is 0 Å². The smallest absolute Gasteiger partial charge is 0.265 e. The summed E-state index contributed by atoms with van der Waals surface area (Å²) in [7, 11) is -3.72. The number of sulfonamides is 1. The van der Waals surface area contributed by atoms with Crippen molar-refractivity contribution in [3.63, 3.8) is 0 Å². The van der Waals surface area contributed by atoms with Crippen LogP contribution in [0.3, 0.4) is 0 Å². The Bertz CT molecular complexity index is 840. The SMILES string of the molecule is CC(O)CNC(=O)CN1c2cccc3cccc(c23)S1(=O)=O. The number of nitrogens with zero attached hydrogens (tertiary/aromatic N) is 1. The summed E-state index contributed by atoms with van der Waals surface area (Å²) >= 11 is 0. The van der Waals surface area contributed by atoms with Gasteiger partial charge in [0.05, 0.1) is 16.7 Å². The molecule has 0 saturated carbocycles. The fraction of sp³-hybridized carbons (Fsp3) is 0.267. The van der Waals surface area contributed by atoms with Crippen molar-refractivity contribution in [2.24, 2.45) is 0 Å². The van der Waals surface area contributed by atoms with Gasteiger partial charge in [-0.25, -0.2) is 8.42 Å². The van der Waals surface area contributed by atoms with Crippen LogP contribution < -0.4 is 9.62 Å². The zero-order valence-corrected chi connectivity index (χ0v) is 12.8. The Morgan fingerprint density at radius 2 is 1.95 bits per heavy atom. The number of anilines is 1. The number of rotatable bonds is 4. The lowest BCUT2D eigenvalue weighted by Gasteiger charge is -2.18. The second kappa shape index (κ2) is 5.26. The second-order valence-corrected chi connectivity index (χ2v) is 7.13. The molecule has 0 aromatic heterocycles. The van der Waals surface area contributed by atoms with E-state index in [1.807, 2.05) is 12.1 Å². The maximum atomic E-state index is 12.6. The lowest BCUT2D eigenvalue weighted by molar-refractivity contribution is -0.120. The molecule has 7 heteroatoms. The van der Waals surface area contributed by atoms with E-state index in [0.717, 1.165) is 9.69 Å². The highest BCUT2D eigenvalue weighted by Crippen LogP contribution is 2.41. The third-order valence-electron chi connectivity index (χ3n) is 3.56. The van der Waals surface area contributed by atoms with Crippen molar-refractivity contribution in [2.75, 3.05) is 17.4 Å². The number of aliphatic hydroxyl groups excluding tert-OH is 1. The number of carbonyl (C=O) groups is 1. The van der Waals surface area contributed by atoms with E-state index >= 15 is 0 Å². The summed E-state index contributed by atoms with van der Waals surface area (Å²) in [6, 6.07) is 10.4. The van der Waals surface area contributed by atoms with Crippen molar-refractivity contribution < 1.29 is 18.3 Å². The Hall–Kier alpha value is -2.12. The van der Waals surface area contributed by atoms with Crippen LogP contribution in [0, 0.1) is 0 Å². The highest BCUT2D eigenvalue weighted by atomic mass is 32.2. The normalized spacial score (nSPS) is 16.7. The van der Waals surface area contributed by atoms with Crippen molar-refractivity contribution in [1.29, 1.82) is 0 Å². The van der Waals surface area contributed by atoms with E-state index < -0.39 is 22.0 Å². The van der Waals surface area contributed by atoms with Gasteiger partial charge in [0.15, 0.2) is 0 Å². The fourth-order valence-electron chi connectivity index (χ4n) is 2.58. The highest BCUT2D eigenvalue weighted by Gasteiger charge is 2.36. The van der Waals surface area contributed by atoms with Crippen LogP contribution in [0.5, 0.6) is 0 Å². The number of amides is 1. The first-order chi connectivity index (χ1) is 10.4. The molecule has 22 heavy (non-hydrogen) atoms. The zero-order chi connectivity index (χ0) is 15.9. The molecule has 1 atom stereocenters. The van der Waals surface area contributed by atoms with Gasteiger partial charge in [0.25, 0.3) is 10.0 Å². The summed E-state index contributed by atoms with van der Waals surface area (Å²) in [5.41, 5.74) is 0.514. The molecule has 2 N–H and O–H groups in total. The Balaban J connectivity index is 1.98. The van der Waals surface area contributed by atoms with Crippen LogP contribution in [0.15, 0.2) is 41.3 Å². The lowest BCUT2D eigenvalue weighted by atomic mass is 10.1. The average molecular weight is 320 g/mol. The minimum atomic E-state index is -3.72. The van der Waals surface area contributed by atoms with Crippen molar-refractivity contribution >= 4 is 32.4 Å². The van der Waals surface area contributed by atoms with Crippen LogP contribution in [0.4, 0.5) is 5.69 Å². The Morgan fingerprint density at radius 1 is 1.27 bits per heavy atom. The standard InChI is InChI=1S/C15H16N2O4S/c1-10(18)8-16-14(19)9-17-12-6-2-4-11-5-3-7-13(15(11)12)22(17,20)21/h2-7,10,18H,8-9H2,1H3,(H,16,19).